The molecule has 1 heterocycles. The highest BCUT2D eigenvalue weighted by Crippen LogP contribution is 2.25. The zero-order valence-electron chi connectivity index (χ0n) is 12.2. The number of para-hydroxylation sites is 1. The van der Waals surface area contributed by atoms with Gasteiger partial charge in [-0.05, 0) is 37.6 Å². The standard InChI is InChI=1S/C18H18FNO/c1-12(14-6-5-7-15(19)10-14)20-11-17-13(2)21-18-9-4-3-8-16(17)18/h3-10,12,20H,11H2,1-2H3/t12-/m0/s1. The van der Waals surface area contributed by atoms with E-state index in [1.165, 1.54) is 6.07 Å². The van der Waals surface area contributed by atoms with E-state index >= 15 is 0 Å². The normalized spacial score (nSPS) is 12.7. The zero-order valence-corrected chi connectivity index (χ0v) is 12.2. The SMILES string of the molecule is Cc1oc2ccccc2c1CN[C@@H](C)c1cccc(F)c1. The number of aryl methyl sites for hydroxylation is 1. The third kappa shape index (κ3) is 2.83. The Morgan fingerprint density at radius 3 is 2.76 bits per heavy atom. The number of furan rings is 1. The van der Waals surface area contributed by atoms with Crippen LogP contribution in [0.2, 0.25) is 0 Å². The van der Waals surface area contributed by atoms with Gasteiger partial charge in [0.2, 0.25) is 0 Å². The van der Waals surface area contributed by atoms with E-state index in [4.69, 9.17) is 4.42 Å². The molecule has 0 saturated heterocycles. The monoisotopic (exact) mass is 283 g/mol. The predicted molar refractivity (Wildman–Crippen MR) is 82.6 cm³/mol. The summed E-state index contributed by atoms with van der Waals surface area (Å²) >= 11 is 0. The van der Waals surface area contributed by atoms with E-state index in [-0.39, 0.29) is 11.9 Å². The van der Waals surface area contributed by atoms with E-state index < -0.39 is 0 Å². The van der Waals surface area contributed by atoms with Gasteiger partial charge in [0, 0.05) is 23.5 Å². The molecule has 21 heavy (non-hydrogen) atoms. The van der Waals surface area contributed by atoms with Crippen molar-refractivity contribution in [3.8, 4) is 0 Å². The Labute approximate surface area is 123 Å². The lowest BCUT2D eigenvalue weighted by Gasteiger charge is -2.14. The first-order valence-corrected chi connectivity index (χ1v) is 7.11. The van der Waals surface area contributed by atoms with Crippen LogP contribution in [-0.2, 0) is 6.54 Å². The number of benzene rings is 2. The fourth-order valence-corrected chi connectivity index (χ4v) is 2.59. The Morgan fingerprint density at radius 2 is 1.95 bits per heavy atom. The molecular formula is C18H18FNO. The fourth-order valence-electron chi connectivity index (χ4n) is 2.59. The van der Waals surface area contributed by atoms with E-state index in [0.29, 0.717) is 6.54 Å². The zero-order chi connectivity index (χ0) is 14.8. The van der Waals surface area contributed by atoms with Gasteiger partial charge in [0.1, 0.15) is 17.2 Å². The minimum absolute atomic E-state index is 0.0776. The lowest BCUT2D eigenvalue weighted by atomic mass is 10.1. The molecule has 2 aromatic carbocycles. The molecular weight excluding hydrogens is 265 g/mol. The van der Waals surface area contributed by atoms with Crippen LogP contribution in [0.25, 0.3) is 11.0 Å². The average molecular weight is 283 g/mol. The fraction of sp³-hybridized carbons (Fsp3) is 0.222. The van der Waals surface area contributed by atoms with Gasteiger partial charge in [0.25, 0.3) is 0 Å². The Bertz CT molecular complexity index is 763. The lowest BCUT2D eigenvalue weighted by Crippen LogP contribution is -2.18. The molecule has 0 unspecified atom stereocenters. The molecule has 0 aliphatic heterocycles. The Hall–Kier alpha value is -2.13. The molecule has 1 aromatic heterocycles. The second-order valence-electron chi connectivity index (χ2n) is 5.29. The number of halogens is 1. The van der Waals surface area contributed by atoms with Crippen molar-refractivity contribution in [2.45, 2.75) is 26.4 Å². The van der Waals surface area contributed by atoms with E-state index in [9.17, 15) is 4.39 Å². The van der Waals surface area contributed by atoms with E-state index in [2.05, 4.69) is 11.4 Å². The topological polar surface area (TPSA) is 25.2 Å². The molecule has 0 aliphatic rings. The predicted octanol–water partition coefficient (Wildman–Crippen LogP) is 4.73. The summed E-state index contributed by atoms with van der Waals surface area (Å²) in [5, 5.41) is 4.57. The highest BCUT2D eigenvalue weighted by Gasteiger charge is 2.12. The van der Waals surface area contributed by atoms with Gasteiger partial charge in [-0.15, -0.1) is 0 Å². The average Bonchev–Trinajstić information content (AvgIpc) is 2.80. The number of hydrogen-bond donors (Lipinski definition) is 1. The van der Waals surface area contributed by atoms with Crippen LogP contribution < -0.4 is 5.32 Å². The summed E-state index contributed by atoms with van der Waals surface area (Å²) in [5.41, 5.74) is 3.01. The summed E-state index contributed by atoms with van der Waals surface area (Å²) in [4.78, 5) is 0. The van der Waals surface area contributed by atoms with Gasteiger partial charge >= 0.3 is 0 Å². The lowest BCUT2D eigenvalue weighted by molar-refractivity contribution is 0.541. The van der Waals surface area contributed by atoms with Crippen molar-refractivity contribution in [2.75, 3.05) is 0 Å². The molecule has 0 amide bonds. The maximum Gasteiger partial charge on any atom is 0.134 e. The second-order valence-corrected chi connectivity index (χ2v) is 5.29. The van der Waals surface area contributed by atoms with Gasteiger partial charge in [-0.3, -0.25) is 0 Å². The molecule has 1 atom stereocenters. The summed E-state index contributed by atoms with van der Waals surface area (Å²) in [6, 6.07) is 14.8. The first-order valence-electron chi connectivity index (χ1n) is 7.11. The molecule has 0 aliphatic carbocycles. The molecule has 0 saturated carbocycles. The van der Waals surface area contributed by atoms with Crippen LogP contribution in [-0.4, -0.2) is 0 Å². The van der Waals surface area contributed by atoms with Crippen molar-refractivity contribution in [3.05, 3.63) is 71.2 Å². The molecule has 3 heteroatoms. The van der Waals surface area contributed by atoms with Gasteiger partial charge in [-0.2, -0.15) is 0 Å². The van der Waals surface area contributed by atoms with Crippen molar-refractivity contribution in [1.29, 1.82) is 0 Å². The minimum atomic E-state index is -0.203. The second kappa shape index (κ2) is 5.70. The number of hydrogen-bond acceptors (Lipinski definition) is 2. The number of nitrogens with one attached hydrogen (secondary N) is 1. The van der Waals surface area contributed by atoms with Crippen LogP contribution in [0.1, 0.15) is 29.9 Å². The molecule has 1 N–H and O–H groups in total. The Morgan fingerprint density at radius 1 is 1.14 bits per heavy atom. The van der Waals surface area contributed by atoms with E-state index in [1.807, 2.05) is 38.1 Å². The van der Waals surface area contributed by atoms with E-state index in [1.54, 1.807) is 12.1 Å². The van der Waals surface area contributed by atoms with Crippen LogP contribution in [0.5, 0.6) is 0 Å². The molecule has 0 radical (unpaired) electrons. The van der Waals surface area contributed by atoms with Crippen molar-refractivity contribution in [3.63, 3.8) is 0 Å². The molecule has 2 nitrogen and oxygen atoms in total. The number of rotatable bonds is 4. The van der Waals surface area contributed by atoms with Crippen molar-refractivity contribution in [1.82, 2.24) is 5.32 Å². The Kier molecular flexibility index (Phi) is 3.76. The molecule has 3 aromatic rings. The molecule has 0 bridgehead atoms. The number of fused-ring (bicyclic) bond motifs is 1. The van der Waals surface area contributed by atoms with Crippen LogP contribution >= 0.6 is 0 Å². The van der Waals surface area contributed by atoms with E-state index in [0.717, 1.165) is 27.9 Å². The van der Waals surface area contributed by atoms with Gasteiger partial charge < -0.3 is 9.73 Å². The molecule has 108 valence electrons. The first kappa shape index (κ1) is 13.8. The third-order valence-corrected chi connectivity index (χ3v) is 3.83. The van der Waals surface area contributed by atoms with Crippen LogP contribution in [0, 0.1) is 12.7 Å². The van der Waals surface area contributed by atoms with Crippen molar-refractivity contribution < 1.29 is 8.81 Å². The summed E-state index contributed by atoms with van der Waals surface area (Å²) < 4.78 is 19.0. The molecule has 0 fully saturated rings. The van der Waals surface area contributed by atoms with Crippen molar-refractivity contribution in [2.24, 2.45) is 0 Å². The van der Waals surface area contributed by atoms with Gasteiger partial charge in [-0.1, -0.05) is 30.3 Å². The molecule has 3 rings (SSSR count). The summed E-state index contributed by atoms with van der Waals surface area (Å²) in [7, 11) is 0. The minimum Gasteiger partial charge on any atom is -0.461 e. The molecule has 0 spiro atoms. The highest BCUT2D eigenvalue weighted by molar-refractivity contribution is 5.82. The third-order valence-electron chi connectivity index (χ3n) is 3.83. The summed E-state index contributed by atoms with van der Waals surface area (Å²) in [5.74, 6) is 0.723. The largest absolute Gasteiger partial charge is 0.461 e. The smallest absolute Gasteiger partial charge is 0.134 e. The van der Waals surface area contributed by atoms with Crippen LogP contribution in [0.4, 0.5) is 4.39 Å². The first-order chi connectivity index (χ1) is 10.1. The van der Waals surface area contributed by atoms with Gasteiger partial charge in [0.05, 0.1) is 0 Å². The highest BCUT2D eigenvalue weighted by atomic mass is 19.1. The van der Waals surface area contributed by atoms with Crippen LogP contribution in [0.15, 0.2) is 52.9 Å². The maximum absolute atomic E-state index is 13.3. The van der Waals surface area contributed by atoms with Crippen LogP contribution in [0.3, 0.4) is 0 Å². The van der Waals surface area contributed by atoms with Crippen molar-refractivity contribution >= 4 is 11.0 Å². The van der Waals surface area contributed by atoms with Gasteiger partial charge in [0.15, 0.2) is 0 Å². The maximum atomic E-state index is 13.3. The summed E-state index contributed by atoms with van der Waals surface area (Å²) in [6.45, 7) is 4.71. The Balaban J connectivity index is 1.79. The van der Waals surface area contributed by atoms with Gasteiger partial charge in [-0.25, -0.2) is 4.39 Å². The summed E-state index contributed by atoms with van der Waals surface area (Å²) in [6.07, 6.45) is 0. The quantitative estimate of drug-likeness (QED) is 0.748.